The van der Waals surface area contributed by atoms with Gasteiger partial charge in [-0.1, -0.05) is 56.2 Å². The number of hydrogen-bond acceptors (Lipinski definition) is 0. The lowest BCUT2D eigenvalue weighted by Crippen LogP contribution is -2.11. The fourth-order valence-corrected chi connectivity index (χ4v) is 3.71. The molecule has 0 spiro atoms. The van der Waals surface area contributed by atoms with E-state index in [2.05, 4.69) is 19.7 Å². The molecule has 24 heavy (non-hydrogen) atoms. The molecule has 2 heteroatoms. The molecule has 1 saturated carbocycles. The van der Waals surface area contributed by atoms with E-state index in [-0.39, 0.29) is 5.82 Å². The van der Waals surface area contributed by atoms with Gasteiger partial charge in [-0.15, -0.1) is 0 Å². The Morgan fingerprint density at radius 2 is 1.71 bits per heavy atom. The molecule has 0 radical (unpaired) electrons. The first-order chi connectivity index (χ1) is 11.5. The highest BCUT2D eigenvalue weighted by atomic mass is 19.1. The molecule has 0 aromatic heterocycles. The van der Waals surface area contributed by atoms with Crippen LogP contribution < -0.4 is 0 Å². The van der Waals surface area contributed by atoms with Crippen LogP contribution in [0.5, 0.6) is 0 Å². The molecule has 0 N–H and O–H groups in total. The second-order valence-electron chi connectivity index (χ2n) is 7.41. The Balaban J connectivity index is 1.78. The zero-order chi connectivity index (χ0) is 17.1. The Hall–Kier alpha value is -1.96. The van der Waals surface area contributed by atoms with E-state index >= 15 is 0 Å². The maximum Gasteiger partial charge on any atom is 0.167 e. The van der Waals surface area contributed by atoms with E-state index in [0.29, 0.717) is 11.5 Å². The van der Waals surface area contributed by atoms with Gasteiger partial charge < -0.3 is 0 Å². The minimum Gasteiger partial charge on any atom is -0.241 e. The van der Waals surface area contributed by atoms with Crippen LogP contribution in [0.2, 0.25) is 0 Å². The highest BCUT2D eigenvalue weighted by molar-refractivity contribution is 5.65. The molecule has 1 aliphatic rings. The van der Waals surface area contributed by atoms with E-state index in [4.69, 9.17) is 0 Å². The van der Waals surface area contributed by atoms with Crippen LogP contribution in [0.4, 0.5) is 4.39 Å². The molecule has 0 saturated heterocycles. The smallest absolute Gasteiger partial charge is 0.167 e. The summed E-state index contributed by atoms with van der Waals surface area (Å²) in [6.45, 7) is 6.97. The van der Waals surface area contributed by atoms with Gasteiger partial charge in [0.05, 0.1) is 0 Å². The van der Waals surface area contributed by atoms with Gasteiger partial charge in [-0.05, 0) is 41.9 Å². The van der Waals surface area contributed by atoms with Crippen molar-refractivity contribution in [3.8, 4) is 11.1 Å². The van der Waals surface area contributed by atoms with Gasteiger partial charge in [0, 0.05) is 11.1 Å². The molecule has 2 aromatic carbocycles. The van der Waals surface area contributed by atoms with Gasteiger partial charge in [-0.3, -0.25) is 0 Å². The first-order valence-electron chi connectivity index (χ1n) is 8.93. The topological polar surface area (TPSA) is 3.01 Å². The predicted octanol–water partition coefficient (Wildman–Crippen LogP) is 5.63. The lowest BCUT2D eigenvalue weighted by atomic mass is 9.79. The van der Waals surface area contributed by atoms with Crippen LogP contribution in [-0.2, 0) is 6.54 Å². The fourth-order valence-electron chi connectivity index (χ4n) is 3.71. The highest BCUT2D eigenvalue weighted by Crippen LogP contribution is 2.37. The molecule has 3 rings (SSSR count). The van der Waals surface area contributed by atoms with Crippen molar-refractivity contribution in [1.29, 1.82) is 0 Å². The van der Waals surface area contributed by atoms with E-state index in [9.17, 15) is 4.39 Å². The molecule has 0 atom stereocenters. The zero-order valence-electron chi connectivity index (χ0n) is 14.8. The van der Waals surface area contributed by atoms with Gasteiger partial charge in [-0.2, -0.15) is 0 Å². The van der Waals surface area contributed by atoms with E-state index in [1.165, 1.54) is 36.8 Å². The van der Waals surface area contributed by atoms with E-state index in [1.54, 1.807) is 6.07 Å². The third-order valence-electron chi connectivity index (χ3n) is 5.20. The SMILES string of the molecule is C=[N+](C)Cc1ccc(-c2ccc(C3CCC(C)CC3)cc2F)cc1. The minimum absolute atomic E-state index is 0.104. The van der Waals surface area contributed by atoms with Crippen molar-refractivity contribution < 1.29 is 8.97 Å². The fraction of sp³-hybridized carbons (Fsp3) is 0.409. The molecular weight excluding hydrogens is 297 g/mol. The Bertz CT molecular complexity index is 709. The summed E-state index contributed by atoms with van der Waals surface area (Å²) in [6, 6.07) is 13.9. The summed E-state index contributed by atoms with van der Waals surface area (Å²) in [5.41, 5.74) is 3.98. The van der Waals surface area contributed by atoms with Gasteiger partial charge in [0.15, 0.2) is 6.54 Å². The molecule has 1 nitrogen and oxygen atoms in total. The number of nitrogens with zero attached hydrogens (tertiary/aromatic N) is 1. The van der Waals surface area contributed by atoms with Crippen molar-refractivity contribution in [3.63, 3.8) is 0 Å². The number of halogens is 1. The van der Waals surface area contributed by atoms with Crippen molar-refractivity contribution in [1.82, 2.24) is 0 Å². The van der Waals surface area contributed by atoms with Crippen LogP contribution >= 0.6 is 0 Å². The minimum atomic E-state index is -0.104. The standard InChI is InChI=1S/C22H27FN/c1-16-4-8-18(9-5-16)20-12-13-21(22(23)14-20)19-10-6-17(7-11-19)15-24(2)3/h6-7,10-14,16,18H,2,4-5,8-9,15H2,1,3H3/q+1. The Morgan fingerprint density at radius 1 is 1.04 bits per heavy atom. The molecule has 1 aliphatic carbocycles. The van der Waals surface area contributed by atoms with E-state index < -0.39 is 0 Å². The Kier molecular flexibility index (Phi) is 5.13. The average molecular weight is 324 g/mol. The first kappa shape index (κ1) is 16.9. The van der Waals surface area contributed by atoms with Crippen LogP contribution in [0.15, 0.2) is 42.5 Å². The quantitative estimate of drug-likeness (QED) is 0.506. The molecule has 2 aromatic rings. The van der Waals surface area contributed by atoms with Gasteiger partial charge in [0.1, 0.15) is 19.6 Å². The molecular formula is C22H27FN+. The zero-order valence-corrected chi connectivity index (χ0v) is 14.8. The van der Waals surface area contributed by atoms with Crippen molar-refractivity contribution in [2.24, 2.45) is 5.92 Å². The Labute approximate surface area is 144 Å². The van der Waals surface area contributed by atoms with Crippen LogP contribution in [0, 0.1) is 11.7 Å². The van der Waals surface area contributed by atoms with Crippen molar-refractivity contribution in [2.45, 2.75) is 45.1 Å². The van der Waals surface area contributed by atoms with Gasteiger partial charge in [-0.25, -0.2) is 8.97 Å². The van der Waals surface area contributed by atoms with Crippen LogP contribution in [0.1, 0.15) is 49.7 Å². The average Bonchev–Trinajstić information content (AvgIpc) is 2.56. The molecule has 0 bridgehead atoms. The number of benzene rings is 2. The lowest BCUT2D eigenvalue weighted by Gasteiger charge is -2.26. The summed E-state index contributed by atoms with van der Waals surface area (Å²) in [5, 5.41) is 0. The normalized spacial score (nSPS) is 20.8. The summed E-state index contributed by atoms with van der Waals surface area (Å²) in [7, 11) is 1.94. The van der Waals surface area contributed by atoms with Crippen LogP contribution in [0.3, 0.4) is 0 Å². The lowest BCUT2D eigenvalue weighted by molar-refractivity contribution is -0.505. The molecule has 0 aliphatic heterocycles. The van der Waals surface area contributed by atoms with Crippen LogP contribution in [-0.4, -0.2) is 18.3 Å². The van der Waals surface area contributed by atoms with Crippen molar-refractivity contribution in [3.05, 3.63) is 59.4 Å². The van der Waals surface area contributed by atoms with E-state index in [0.717, 1.165) is 18.0 Å². The Morgan fingerprint density at radius 3 is 2.29 bits per heavy atom. The molecule has 0 heterocycles. The molecule has 126 valence electrons. The summed E-state index contributed by atoms with van der Waals surface area (Å²) >= 11 is 0. The van der Waals surface area contributed by atoms with Crippen LogP contribution in [0.25, 0.3) is 11.1 Å². The maximum absolute atomic E-state index is 14.7. The van der Waals surface area contributed by atoms with E-state index in [1.807, 2.05) is 42.0 Å². The summed E-state index contributed by atoms with van der Waals surface area (Å²) in [5.74, 6) is 1.24. The number of rotatable bonds is 4. The van der Waals surface area contributed by atoms with Gasteiger partial charge in [0.2, 0.25) is 0 Å². The second-order valence-corrected chi connectivity index (χ2v) is 7.41. The largest absolute Gasteiger partial charge is 0.241 e. The van der Waals surface area contributed by atoms with Gasteiger partial charge >= 0.3 is 0 Å². The predicted molar refractivity (Wildman–Crippen MR) is 99.2 cm³/mol. The maximum atomic E-state index is 14.7. The third-order valence-corrected chi connectivity index (χ3v) is 5.20. The summed E-state index contributed by atoms with van der Waals surface area (Å²) in [4.78, 5) is 0. The van der Waals surface area contributed by atoms with Crippen molar-refractivity contribution in [2.75, 3.05) is 7.05 Å². The third kappa shape index (κ3) is 3.92. The molecule has 1 fully saturated rings. The summed E-state index contributed by atoms with van der Waals surface area (Å²) < 4.78 is 16.5. The molecule has 0 unspecified atom stereocenters. The van der Waals surface area contributed by atoms with Gasteiger partial charge in [0.25, 0.3) is 0 Å². The first-order valence-corrected chi connectivity index (χ1v) is 8.93. The molecule has 0 amide bonds. The second kappa shape index (κ2) is 7.29. The summed E-state index contributed by atoms with van der Waals surface area (Å²) in [6.07, 6.45) is 4.90. The monoisotopic (exact) mass is 324 g/mol. The number of hydrogen-bond donors (Lipinski definition) is 0. The van der Waals surface area contributed by atoms with Crippen molar-refractivity contribution >= 4 is 6.72 Å². The highest BCUT2D eigenvalue weighted by Gasteiger charge is 2.20.